The zero-order chi connectivity index (χ0) is 14.9. The first kappa shape index (κ1) is 14.1. The number of nitrogens with zero attached hydrogens (tertiary/aromatic N) is 2. The van der Waals surface area contributed by atoms with Crippen LogP contribution >= 0.6 is 0 Å². The van der Waals surface area contributed by atoms with Crippen molar-refractivity contribution in [1.82, 2.24) is 9.80 Å². The zero-order valence-corrected chi connectivity index (χ0v) is 11.9. The van der Waals surface area contributed by atoms with Gasteiger partial charge in [0.15, 0.2) is 5.76 Å². The van der Waals surface area contributed by atoms with Crippen molar-refractivity contribution in [2.75, 3.05) is 20.6 Å². The number of carbonyl (C=O) groups is 2. The van der Waals surface area contributed by atoms with E-state index >= 15 is 0 Å². The third-order valence-corrected chi connectivity index (χ3v) is 3.38. The summed E-state index contributed by atoms with van der Waals surface area (Å²) in [5, 5.41) is 9.69. The number of hydrogen-bond acceptors (Lipinski definition) is 3. The fraction of sp³-hybridized carbons (Fsp3) is 0.333. The van der Waals surface area contributed by atoms with E-state index in [1.165, 1.54) is 9.80 Å². The highest BCUT2D eigenvalue weighted by Crippen LogP contribution is 2.18. The van der Waals surface area contributed by atoms with E-state index in [4.69, 9.17) is 0 Å². The van der Waals surface area contributed by atoms with Crippen molar-refractivity contribution >= 4 is 11.8 Å². The molecule has 0 atom stereocenters. The van der Waals surface area contributed by atoms with Crippen molar-refractivity contribution in [3.63, 3.8) is 0 Å². The number of likely N-dealkylation sites (N-methyl/N-ethyl adjacent to an activating group) is 2. The van der Waals surface area contributed by atoms with E-state index in [2.05, 4.69) is 0 Å². The molecule has 2 amide bonds. The maximum Gasteiger partial charge on any atom is 0.289 e. The van der Waals surface area contributed by atoms with Crippen molar-refractivity contribution in [3.8, 4) is 0 Å². The van der Waals surface area contributed by atoms with Gasteiger partial charge in [-0.15, -0.1) is 0 Å². The van der Waals surface area contributed by atoms with Gasteiger partial charge in [-0.05, 0) is 12.5 Å². The molecule has 5 heteroatoms. The highest BCUT2D eigenvalue weighted by atomic mass is 16.3. The smallest absolute Gasteiger partial charge is 0.289 e. The number of hydrogen-bond donors (Lipinski definition) is 1. The monoisotopic (exact) mass is 274 g/mol. The number of amides is 2. The fourth-order valence-corrected chi connectivity index (χ4v) is 2.13. The summed E-state index contributed by atoms with van der Waals surface area (Å²) in [4.78, 5) is 26.6. The Hall–Kier alpha value is -2.30. The molecule has 0 unspecified atom stereocenters. The molecule has 1 N–H and O–H groups in total. The summed E-state index contributed by atoms with van der Waals surface area (Å²) in [5.41, 5.74) is 2.32. The fourth-order valence-electron chi connectivity index (χ4n) is 2.13. The van der Waals surface area contributed by atoms with E-state index in [1.807, 2.05) is 31.2 Å². The maximum absolute atomic E-state index is 12.2. The second kappa shape index (κ2) is 5.36. The molecule has 20 heavy (non-hydrogen) atoms. The average molecular weight is 274 g/mol. The lowest BCUT2D eigenvalue weighted by Crippen LogP contribution is -2.30. The Morgan fingerprint density at radius 3 is 2.45 bits per heavy atom. The van der Waals surface area contributed by atoms with E-state index in [9.17, 15) is 14.7 Å². The lowest BCUT2D eigenvalue weighted by Gasteiger charge is -2.18. The van der Waals surface area contributed by atoms with Crippen LogP contribution in [0.15, 0.2) is 35.6 Å². The van der Waals surface area contributed by atoms with Crippen LogP contribution in [0.25, 0.3) is 0 Å². The first-order valence-corrected chi connectivity index (χ1v) is 6.38. The number of carbonyl (C=O) groups excluding carboxylic acids is 2. The first-order chi connectivity index (χ1) is 9.40. The molecule has 0 saturated carbocycles. The van der Waals surface area contributed by atoms with E-state index in [0.29, 0.717) is 6.54 Å². The molecule has 0 aliphatic carbocycles. The molecule has 0 aromatic heterocycles. The van der Waals surface area contributed by atoms with Gasteiger partial charge < -0.3 is 14.9 Å². The van der Waals surface area contributed by atoms with Gasteiger partial charge in [-0.25, -0.2) is 0 Å². The van der Waals surface area contributed by atoms with Crippen LogP contribution in [0.5, 0.6) is 0 Å². The van der Waals surface area contributed by atoms with Crippen LogP contribution in [0.3, 0.4) is 0 Å². The van der Waals surface area contributed by atoms with Crippen LogP contribution < -0.4 is 0 Å². The highest BCUT2D eigenvalue weighted by molar-refractivity contribution is 6.06. The molecule has 0 saturated heterocycles. The Kier molecular flexibility index (Phi) is 3.79. The minimum atomic E-state index is -0.503. The summed E-state index contributed by atoms with van der Waals surface area (Å²) >= 11 is 0. The largest absolute Gasteiger partial charge is 0.503 e. The van der Waals surface area contributed by atoms with Crippen molar-refractivity contribution in [2.45, 2.75) is 13.5 Å². The standard InChI is InChI=1S/C15H18N2O3/c1-10-4-6-11(7-5-10)8-16(2)14(19)12-9-17(3)15(20)13(12)18/h4-7,18H,8-9H2,1-3H3. The molecular formula is C15H18N2O3. The van der Waals surface area contributed by atoms with Gasteiger partial charge in [0.25, 0.3) is 11.8 Å². The van der Waals surface area contributed by atoms with Gasteiger partial charge in [-0.2, -0.15) is 0 Å². The minimum absolute atomic E-state index is 0.155. The Bertz CT molecular complexity index is 575. The summed E-state index contributed by atoms with van der Waals surface area (Å²) in [6.45, 7) is 2.59. The summed E-state index contributed by atoms with van der Waals surface area (Å²) < 4.78 is 0. The highest BCUT2D eigenvalue weighted by Gasteiger charge is 2.32. The number of aliphatic hydroxyl groups excluding tert-OH is 1. The Morgan fingerprint density at radius 1 is 1.35 bits per heavy atom. The quantitative estimate of drug-likeness (QED) is 0.902. The van der Waals surface area contributed by atoms with Gasteiger partial charge in [0, 0.05) is 20.6 Å². The van der Waals surface area contributed by atoms with Crippen molar-refractivity contribution < 1.29 is 14.7 Å². The van der Waals surface area contributed by atoms with Gasteiger partial charge >= 0.3 is 0 Å². The molecule has 1 aromatic carbocycles. The molecule has 0 bridgehead atoms. The molecule has 1 heterocycles. The van der Waals surface area contributed by atoms with Gasteiger partial charge in [0.2, 0.25) is 0 Å². The van der Waals surface area contributed by atoms with Crippen LogP contribution in [0.1, 0.15) is 11.1 Å². The molecule has 2 rings (SSSR count). The van der Waals surface area contributed by atoms with Gasteiger partial charge in [-0.1, -0.05) is 29.8 Å². The molecule has 0 radical (unpaired) electrons. The van der Waals surface area contributed by atoms with Crippen LogP contribution in [0, 0.1) is 6.92 Å². The first-order valence-electron chi connectivity index (χ1n) is 6.38. The number of benzene rings is 1. The van der Waals surface area contributed by atoms with Crippen molar-refractivity contribution in [1.29, 1.82) is 0 Å². The predicted octanol–water partition coefficient (Wildman–Crippen LogP) is 1.24. The van der Waals surface area contributed by atoms with E-state index in [0.717, 1.165) is 11.1 Å². The molecule has 0 fully saturated rings. The Balaban J connectivity index is 2.10. The van der Waals surface area contributed by atoms with E-state index in [-0.39, 0.29) is 18.0 Å². The predicted molar refractivity (Wildman–Crippen MR) is 74.9 cm³/mol. The molecular weight excluding hydrogens is 256 g/mol. The lowest BCUT2D eigenvalue weighted by atomic mass is 10.1. The van der Waals surface area contributed by atoms with Crippen molar-refractivity contribution in [3.05, 3.63) is 46.7 Å². The SMILES string of the molecule is Cc1ccc(CN(C)C(=O)C2=C(O)C(=O)N(C)C2)cc1. The second-order valence-electron chi connectivity index (χ2n) is 5.14. The maximum atomic E-state index is 12.2. The lowest BCUT2D eigenvalue weighted by molar-refractivity contribution is -0.127. The molecule has 1 aliphatic rings. The van der Waals surface area contributed by atoms with E-state index in [1.54, 1.807) is 14.1 Å². The molecule has 1 aliphatic heterocycles. The number of aliphatic hydroxyl groups is 1. The Morgan fingerprint density at radius 2 is 1.95 bits per heavy atom. The van der Waals surface area contributed by atoms with Gasteiger partial charge in [0.1, 0.15) is 0 Å². The minimum Gasteiger partial charge on any atom is -0.503 e. The second-order valence-corrected chi connectivity index (χ2v) is 5.14. The Labute approximate surface area is 118 Å². The normalized spacial score (nSPS) is 14.9. The average Bonchev–Trinajstić information content (AvgIpc) is 2.68. The molecule has 106 valence electrons. The summed E-state index contributed by atoms with van der Waals surface area (Å²) in [5.74, 6) is -1.26. The van der Waals surface area contributed by atoms with Gasteiger partial charge in [-0.3, -0.25) is 9.59 Å². The third kappa shape index (κ3) is 2.66. The number of aryl methyl sites for hydroxylation is 1. The summed E-state index contributed by atoms with van der Waals surface area (Å²) in [6.07, 6.45) is 0. The summed E-state index contributed by atoms with van der Waals surface area (Å²) in [6, 6.07) is 7.88. The van der Waals surface area contributed by atoms with Crippen molar-refractivity contribution in [2.24, 2.45) is 0 Å². The molecule has 5 nitrogen and oxygen atoms in total. The van der Waals surface area contributed by atoms with Gasteiger partial charge in [0.05, 0.1) is 12.1 Å². The zero-order valence-electron chi connectivity index (χ0n) is 11.9. The third-order valence-electron chi connectivity index (χ3n) is 3.38. The molecule has 0 spiro atoms. The van der Waals surface area contributed by atoms with Crippen LogP contribution in [0.4, 0.5) is 0 Å². The topological polar surface area (TPSA) is 60.9 Å². The van der Waals surface area contributed by atoms with E-state index < -0.39 is 11.7 Å². The summed E-state index contributed by atoms with van der Waals surface area (Å²) in [7, 11) is 3.21. The van der Waals surface area contributed by atoms with Crippen LogP contribution in [0.2, 0.25) is 0 Å². The number of rotatable bonds is 3. The van der Waals surface area contributed by atoms with Crippen LogP contribution in [-0.2, 0) is 16.1 Å². The molecule has 1 aromatic rings. The van der Waals surface area contributed by atoms with Crippen LogP contribution in [-0.4, -0.2) is 47.4 Å².